The van der Waals surface area contributed by atoms with E-state index >= 15 is 0 Å². The van der Waals surface area contributed by atoms with Gasteiger partial charge in [0.2, 0.25) is 0 Å². The van der Waals surface area contributed by atoms with Crippen LogP contribution in [0.25, 0.3) is 0 Å². The third-order valence-electron chi connectivity index (χ3n) is 6.23. The van der Waals surface area contributed by atoms with Gasteiger partial charge in [-0.3, -0.25) is 4.79 Å². The maximum absolute atomic E-state index is 12.2. The molecule has 3 aromatic rings. The summed E-state index contributed by atoms with van der Waals surface area (Å²) in [5, 5.41) is 6.47. The summed E-state index contributed by atoms with van der Waals surface area (Å²) in [6.07, 6.45) is 7.63. The van der Waals surface area contributed by atoms with E-state index in [1.165, 1.54) is 12.0 Å². The number of carbonyl (C=O) groups excluding carboxylic acids is 2. The lowest BCUT2D eigenvalue weighted by Crippen LogP contribution is -2.21. The van der Waals surface area contributed by atoms with Crippen LogP contribution in [0.15, 0.2) is 41.8 Å². The van der Waals surface area contributed by atoms with Crippen LogP contribution in [-0.2, 0) is 24.1 Å². The number of aryl methyl sites for hydroxylation is 3. The van der Waals surface area contributed by atoms with Crippen molar-refractivity contribution in [3.63, 3.8) is 0 Å². The van der Waals surface area contributed by atoms with Crippen LogP contribution in [0.1, 0.15) is 69.5 Å². The van der Waals surface area contributed by atoms with E-state index in [0.717, 1.165) is 72.7 Å². The van der Waals surface area contributed by atoms with Crippen LogP contribution in [0.3, 0.4) is 0 Å². The second-order valence-electron chi connectivity index (χ2n) is 9.00. The molecule has 0 fully saturated rings. The lowest BCUT2D eigenvalue weighted by Gasteiger charge is -2.17. The van der Waals surface area contributed by atoms with Gasteiger partial charge in [0.1, 0.15) is 17.1 Å². The molecule has 1 aromatic carbocycles. The van der Waals surface area contributed by atoms with E-state index in [0.29, 0.717) is 12.0 Å². The molecule has 2 aromatic heterocycles. The van der Waals surface area contributed by atoms with Gasteiger partial charge in [0.15, 0.2) is 0 Å². The van der Waals surface area contributed by atoms with Crippen molar-refractivity contribution in [3.05, 3.63) is 74.9 Å². The third-order valence-corrected chi connectivity index (χ3v) is 7.24. The molecular weight excluding hydrogens is 444 g/mol. The van der Waals surface area contributed by atoms with Gasteiger partial charge in [-0.1, -0.05) is 18.2 Å². The minimum absolute atomic E-state index is 0.0307. The molecule has 34 heavy (non-hydrogen) atoms. The molecule has 0 radical (unpaired) electrons. The Labute approximate surface area is 205 Å². The molecule has 4 rings (SSSR count). The number of hydrogen-bond acceptors (Lipinski definition) is 6. The van der Waals surface area contributed by atoms with E-state index in [9.17, 15) is 9.59 Å². The van der Waals surface area contributed by atoms with Gasteiger partial charge in [-0.15, -0.1) is 11.3 Å². The molecule has 1 aliphatic rings. The first-order valence-corrected chi connectivity index (χ1v) is 12.9. The van der Waals surface area contributed by atoms with Crippen LogP contribution in [0, 0.1) is 0 Å². The van der Waals surface area contributed by atoms with Gasteiger partial charge in [0, 0.05) is 49.6 Å². The number of hydrogen-bond donors (Lipinski definition) is 1. The zero-order valence-corrected chi connectivity index (χ0v) is 20.7. The minimum atomic E-state index is -0.0769. The van der Waals surface area contributed by atoms with Crippen LogP contribution in [0.2, 0.25) is 0 Å². The maximum atomic E-state index is 12.2. The molecule has 178 valence electrons. The van der Waals surface area contributed by atoms with E-state index in [4.69, 9.17) is 9.97 Å². The fourth-order valence-corrected chi connectivity index (χ4v) is 5.30. The normalized spacial score (nSPS) is 13.6. The molecule has 0 bridgehead atoms. The monoisotopic (exact) mass is 476 g/mol. The molecule has 6 nitrogen and oxygen atoms in total. The van der Waals surface area contributed by atoms with Crippen molar-refractivity contribution in [1.29, 1.82) is 0 Å². The molecular formula is C27H32N4O2S. The van der Waals surface area contributed by atoms with E-state index in [1.54, 1.807) is 30.3 Å². The highest BCUT2D eigenvalue weighted by atomic mass is 32.1. The number of unbranched alkanes of at least 4 members (excludes halogenated alkanes) is 1. The number of rotatable bonds is 10. The zero-order chi connectivity index (χ0) is 23.9. The summed E-state index contributed by atoms with van der Waals surface area (Å²) in [4.78, 5) is 34.7. The average molecular weight is 477 g/mol. The largest absolute Gasteiger partial charge is 0.370 e. The lowest BCUT2D eigenvalue weighted by molar-refractivity contribution is -0.108. The van der Waals surface area contributed by atoms with E-state index in [1.807, 2.05) is 24.3 Å². The highest BCUT2D eigenvalue weighted by Crippen LogP contribution is 2.30. The number of amides is 1. The number of nitrogens with one attached hydrogen (secondary N) is 1. The van der Waals surface area contributed by atoms with Crippen LogP contribution >= 0.6 is 11.3 Å². The average Bonchev–Trinajstić information content (AvgIpc) is 3.33. The molecule has 7 heteroatoms. The van der Waals surface area contributed by atoms with Gasteiger partial charge in [-0.2, -0.15) is 0 Å². The van der Waals surface area contributed by atoms with E-state index in [-0.39, 0.29) is 11.8 Å². The summed E-state index contributed by atoms with van der Waals surface area (Å²) < 4.78 is 0. The van der Waals surface area contributed by atoms with Gasteiger partial charge in [0.05, 0.1) is 5.69 Å². The quantitative estimate of drug-likeness (QED) is 0.333. The fourth-order valence-electron chi connectivity index (χ4n) is 4.31. The number of anilines is 1. The van der Waals surface area contributed by atoms with Crippen molar-refractivity contribution >= 4 is 29.3 Å². The van der Waals surface area contributed by atoms with Gasteiger partial charge in [-0.25, -0.2) is 9.97 Å². The molecule has 1 aliphatic heterocycles. The number of carbonyl (C=O) groups is 2. The first-order chi connectivity index (χ1) is 16.5. The number of nitrogens with zero attached hydrogens (tertiary/aromatic N) is 3. The predicted molar refractivity (Wildman–Crippen MR) is 137 cm³/mol. The first kappa shape index (κ1) is 24.1. The van der Waals surface area contributed by atoms with Crippen LogP contribution in [0.4, 0.5) is 5.82 Å². The van der Waals surface area contributed by atoms with Crippen molar-refractivity contribution < 1.29 is 9.59 Å². The van der Waals surface area contributed by atoms with Crippen molar-refractivity contribution in [2.45, 2.75) is 50.9 Å². The molecule has 0 spiro atoms. The van der Waals surface area contributed by atoms with Gasteiger partial charge < -0.3 is 15.0 Å². The second-order valence-corrected chi connectivity index (χ2v) is 9.89. The number of thiazole rings is 1. The standard InChI is InChI=1S/C27H32N4O2S/c1-31(2)27(33)21-11-9-19(10-12-21)24(15-17-32)26-30-23(18-34-26)8-4-3-7-22-14-13-20-6-5-16-28-25(20)29-22/h9-14,17-18,24H,3-8,15-16H2,1-2H3,(H,28,29). The summed E-state index contributed by atoms with van der Waals surface area (Å²) in [6.45, 7) is 1.01. The number of aldehydes is 1. The Morgan fingerprint density at radius 1 is 1.09 bits per heavy atom. The number of aromatic nitrogens is 2. The number of pyridine rings is 1. The maximum Gasteiger partial charge on any atom is 0.253 e. The Morgan fingerprint density at radius 3 is 2.59 bits per heavy atom. The summed E-state index contributed by atoms with van der Waals surface area (Å²) >= 11 is 1.61. The SMILES string of the molecule is CN(C)C(=O)c1ccc(C(CC=O)c2nc(CCCCc3ccc4c(n3)NCCC4)cs2)cc1. The predicted octanol–water partition coefficient (Wildman–Crippen LogP) is 4.88. The molecule has 0 aliphatic carbocycles. The summed E-state index contributed by atoms with van der Waals surface area (Å²) in [6, 6.07) is 11.9. The Balaban J connectivity index is 1.33. The fraction of sp³-hybridized carbons (Fsp3) is 0.407. The van der Waals surface area contributed by atoms with Gasteiger partial charge >= 0.3 is 0 Å². The van der Waals surface area contributed by atoms with E-state index in [2.05, 4.69) is 22.8 Å². The lowest BCUT2D eigenvalue weighted by atomic mass is 9.95. The van der Waals surface area contributed by atoms with E-state index < -0.39 is 0 Å². The van der Waals surface area contributed by atoms with Crippen molar-refractivity contribution in [1.82, 2.24) is 14.9 Å². The highest BCUT2D eigenvalue weighted by Gasteiger charge is 2.19. The third kappa shape index (κ3) is 5.89. The van der Waals surface area contributed by atoms with Gasteiger partial charge in [0.25, 0.3) is 5.91 Å². The summed E-state index contributed by atoms with van der Waals surface area (Å²) in [5.41, 5.74) is 5.21. The zero-order valence-electron chi connectivity index (χ0n) is 19.9. The van der Waals surface area contributed by atoms with Crippen LogP contribution < -0.4 is 5.32 Å². The van der Waals surface area contributed by atoms with Crippen molar-refractivity contribution in [2.75, 3.05) is 26.0 Å². The van der Waals surface area contributed by atoms with Crippen LogP contribution in [0.5, 0.6) is 0 Å². The minimum Gasteiger partial charge on any atom is -0.370 e. The number of fused-ring (bicyclic) bond motifs is 1. The Bertz CT molecular complexity index is 1120. The van der Waals surface area contributed by atoms with Gasteiger partial charge in [-0.05, 0) is 67.9 Å². The number of benzene rings is 1. The molecule has 1 unspecified atom stereocenters. The Hall–Kier alpha value is -3.06. The Morgan fingerprint density at radius 2 is 1.85 bits per heavy atom. The highest BCUT2D eigenvalue weighted by molar-refractivity contribution is 7.09. The molecule has 3 heterocycles. The van der Waals surface area contributed by atoms with Crippen molar-refractivity contribution in [3.8, 4) is 0 Å². The first-order valence-electron chi connectivity index (χ1n) is 12.0. The molecule has 1 atom stereocenters. The molecule has 1 N–H and O–H groups in total. The second kappa shape index (κ2) is 11.4. The molecule has 0 saturated heterocycles. The molecule has 0 saturated carbocycles. The van der Waals surface area contributed by atoms with Crippen molar-refractivity contribution in [2.24, 2.45) is 0 Å². The summed E-state index contributed by atoms with van der Waals surface area (Å²) in [5.74, 6) is 0.956. The topological polar surface area (TPSA) is 75.2 Å². The smallest absolute Gasteiger partial charge is 0.253 e. The summed E-state index contributed by atoms with van der Waals surface area (Å²) in [7, 11) is 3.48. The Kier molecular flexibility index (Phi) is 8.06. The van der Waals surface area contributed by atoms with Crippen LogP contribution in [-0.4, -0.2) is 47.7 Å². The molecule has 1 amide bonds.